The maximum atomic E-state index is 2.30. The lowest BCUT2D eigenvalue weighted by Crippen LogP contribution is -1.84. The molecule has 102 valence electrons. The third-order valence-corrected chi connectivity index (χ3v) is 11.0. The van der Waals surface area contributed by atoms with Crippen LogP contribution in [0.15, 0.2) is 52.0 Å². The van der Waals surface area contributed by atoms with Crippen molar-refractivity contribution < 1.29 is 0 Å². The van der Waals surface area contributed by atoms with Gasteiger partial charge in [0, 0.05) is 11.5 Å². The highest BCUT2D eigenvalue weighted by atomic mass is 32.2. The van der Waals surface area contributed by atoms with Crippen LogP contribution in [-0.2, 0) is 11.5 Å². The lowest BCUT2D eigenvalue weighted by molar-refractivity contribution is 1.35. The Morgan fingerprint density at radius 3 is 1.55 bits per heavy atom. The summed E-state index contributed by atoms with van der Waals surface area (Å²) in [6.07, 6.45) is 0. The molecular weight excluding hydrogens is 361 g/mol. The molecule has 1 aromatic rings. The zero-order chi connectivity index (χ0) is 13.4. The third kappa shape index (κ3) is 3.15. The second kappa shape index (κ2) is 6.34. The van der Waals surface area contributed by atoms with Crippen molar-refractivity contribution in [3.8, 4) is 0 Å². The summed E-state index contributed by atoms with van der Waals surface area (Å²) in [5.74, 6) is 2.14. The van der Waals surface area contributed by atoms with E-state index in [1.165, 1.54) is 28.1 Å². The number of thioether (sulfide) groups is 6. The predicted octanol–water partition coefficient (Wildman–Crippen LogP) is 6.85. The smallest absolute Gasteiger partial charge is 0.0706 e. The summed E-state index contributed by atoms with van der Waals surface area (Å²) in [5.41, 5.74) is 2.83. The van der Waals surface area contributed by atoms with Crippen LogP contribution in [0.4, 0.5) is 0 Å². The monoisotopic (exact) mass is 370 g/mol. The Hall–Kier alpha value is 0.540. The minimum Gasteiger partial charge on any atom is -0.114 e. The Kier molecular flexibility index (Phi) is 4.49. The molecule has 4 aliphatic heterocycles. The van der Waals surface area contributed by atoms with E-state index in [1.807, 2.05) is 70.6 Å². The standard InChI is InChI=1S/C14H10S6/c1-2-10-4-3-9(1)5-15-11-7-17-13(19-11)14-18-8-12(20-14)16-6-10/h1-4,7-8H,5-6H2/b14-13-. The van der Waals surface area contributed by atoms with Gasteiger partial charge >= 0.3 is 0 Å². The van der Waals surface area contributed by atoms with Crippen LogP contribution in [0.1, 0.15) is 11.1 Å². The van der Waals surface area contributed by atoms with Crippen LogP contribution in [-0.4, -0.2) is 0 Å². The first-order chi connectivity index (χ1) is 9.87. The van der Waals surface area contributed by atoms with E-state index in [9.17, 15) is 0 Å². The van der Waals surface area contributed by atoms with Crippen LogP contribution >= 0.6 is 70.6 Å². The van der Waals surface area contributed by atoms with Crippen molar-refractivity contribution in [1.82, 2.24) is 0 Å². The quantitative estimate of drug-likeness (QED) is 0.486. The molecule has 20 heavy (non-hydrogen) atoms. The van der Waals surface area contributed by atoms with Crippen molar-refractivity contribution in [2.24, 2.45) is 0 Å². The predicted molar refractivity (Wildman–Crippen MR) is 103 cm³/mol. The van der Waals surface area contributed by atoms with E-state index in [2.05, 4.69) is 35.1 Å². The zero-order valence-corrected chi connectivity index (χ0v) is 15.2. The molecule has 0 N–H and O–H groups in total. The minimum absolute atomic E-state index is 1.07. The van der Waals surface area contributed by atoms with Crippen molar-refractivity contribution in [2.45, 2.75) is 11.5 Å². The topological polar surface area (TPSA) is 0 Å². The van der Waals surface area contributed by atoms with E-state index in [1.54, 1.807) is 0 Å². The molecule has 4 heterocycles. The molecule has 4 aliphatic rings. The first kappa shape index (κ1) is 14.2. The number of hydrogen-bond acceptors (Lipinski definition) is 6. The van der Waals surface area contributed by atoms with E-state index in [0.717, 1.165) is 11.5 Å². The molecule has 0 aromatic heterocycles. The first-order valence-electron chi connectivity index (χ1n) is 6.04. The molecular formula is C14H10S6. The summed E-state index contributed by atoms with van der Waals surface area (Å²) in [6.45, 7) is 0. The Morgan fingerprint density at radius 2 is 1.10 bits per heavy atom. The van der Waals surface area contributed by atoms with Gasteiger partial charge in [0.25, 0.3) is 0 Å². The van der Waals surface area contributed by atoms with Gasteiger partial charge in [0.1, 0.15) is 0 Å². The highest BCUT2D eigenvalue weighted by Gasteiger charge is 2.22. The van der Waals surface area contributed by atoms with Crippen molar-refractivity contribution in [3.63, 3.8) is 0 Å². The Labute approximate surface area is 144 Å². The maximum absolute atomic E-state index is 2.30. The summed E-state index contributed by atoms with van der Waals surface area (Å²) < 4.78 is 5.78. The summed E-state index contributed by atoms with van der Waals surface area (Å²) in [6, 6.07) is 9.09. The fourth-order valence-corrected chi connectivity index (χ4v) is 9.40. The van der Waals surface area contributed by atoms with Crippen LogP contribution in [0.5, 0.6) is 0 Å². The lowest BCUT2D eigenvalue weighted by Gasteiger charge is -2.07. The highest BCUT2D eigenvalue weighted by Crippen LogP contribution is 2.59. The lowest BCUT2D eigenvalue weighted by atomic mass is 10.2. The molecule has 0 unspecified atom stereocenters. The molecule has 0 spiro atoms. The second-order valence-corrected chi connectivity index (χ2v) is 11.2. The molecule has 6 heteroatoms. The van der Waals surface area contributed by atoms with Crippen LogP contribution in [0, 0.1) is 0 Å². The van der Waals surface area contributed by atoms with Gasteiger partial charge in [-0.1, -0.05) is 71.3 Å². The molecule has 0 fully saturated rings. The van der Waals surface area contributed by atoms with Gasteiger partial charge < -0.3 is 0 Å². The molecule has 0 saturated heterocycles. The summed E-state index contributed by atoms with van der Waals surface area (Å²) in [5, 5.41) is 4.61. The normalized spacial score (nSPS) is 25.4. The van der Waals surface area contributed by atoms with Gasteiger partial charge in [0.15, 0.2) is 0 Å². The van der Waals surface area contributed by atoms with Crippen LogP contribution in [0.2, 0.25) is 0 Å². The Balaban J connectivity index is 1.64. The van der Waals surface area contributed by atoms with Crippen molar-refractivity contribution >= 4 is 70.6 Å². The van der Waals surface area contributed by atoms with E-state index in [-0.39, 0.29) is 0 Å². The second-order valence-electron chi connectivity index (χ2n) is 4.28. The van der Waals surface area contributed by atoms with Crippen molar-refractivity contribution in [3.05, 3.63) is 63.2 Å². The average Bonchev–Trinajstić information content (AvgIpc) is 3.12. The van der Waals surface area contributed by atoms with Gasteiger partial charge in [-0.3, -0.25) is 0 Å². The van der Waals surface area contributed by atoms with E-state index in [0.29, 0.717) is 0 Å². The van der Waals surface area contributed by atoms with Gasteiger partial charge in [-0.2, -0.15) is 0 Å². The zero-order valence-electron chi connectivity index (χ0n) is 10.3. The van der Waals surface area contributed by atoms with Crippen molar-refractivity contribution in [2.75, 3.05) is 0 Å². The summed E-state index contributed by atoms with van der Waals surface area (Å²) >= 11 is 11.6. The van der Waals surface area contributed by atoms with E-state index >= 15 is 0 Å². The molecule has 0 amide bonds. The number of hydrogen-bond donors (Lipinski definition) is 0. The summed E-state index contributed by atoms with van der Waals surface area (Å²) in [4.78, 5) is 0. The molecule has 0 saturated carbocycles. The number of benzene rings is 1. The fourth-order valence-electron chi connectivity index (χ4n) is 1.83. The average molecular weight is 371 g/mol. The van der Waals surface area contributed by atoms with Gasteiger partial charge in [0.05, 0.1) is 16.9 Å². The maximum Gasteiger partial charge on any atom is 0.0706 e. The van der Waals surface area contributed by atoms with Crippen LogP contribution in [0.25, 0.3) is 0 Å². The highest BCUT2D eigenvalue weighted by molar-refractivity contribution is 8.39. The third-order valence-electron chi connectivity index (χ3n) is 2.86. The molecule has 6 bridgehead atoms. The van der Waals surface area contributed by atoms with E-state index in [4.69, 9.17) is 0 Å². The molecule has 0 aliphatic carbocycles. The van der Waals surface area contributed by atoms with Gasteiger partial charge in [0.2, 0.25) is 0 Å². The SMILES string of the molecule is C1=C2SCc3ccc(cc3)CSC3=CS/C(=C(\S1)S2)S3. The first-order valence-corrected chi connectivity index (χ1v) is 11.4. The van der Waals surface area contributed by atoms with Crippen molar-refractivity contribution in [1.29, 1.82) is 0 Å². The molecule has 5 rings (SSSR count). The minimum atomic E-state index is 1.07. The Bertz CT molecular complexity index is 571. The van der Waals surface area contributed by atoms with Crippen LogP contribution < -0.4 is 0 Å². The molecule has 1 aromatic carbocycles. The van der Waals surface area contributed by atoms with Crippen LogP contribution in [0.3, 0.4) is 0 Å². The van der Waals surface area contributed by atoms with Gasteiger partial charge in [-0.15, -0.1) is 23.5 Å². The largest absolute Gasteiger partial charge is 0.114 e. The van der Waals surface area contributed by atoms with E-state index < -0.39 is 0 Å². The molecule has 0 atom stereocenters. The van der Waals surface area contributed by atoms with Gasteiger partial charge in [-0.05, 0) is 21.9 Å². The number of fused-ring (bicyclic) bond motifs is 4. The number of rotatable bonds is 0. The molecule has 0 nitrogen and oxygen atoms in total. The Morgan fingerprint density at radius 1 is 0.650 bits per heavy atom. The van der Waals surface area contributed by atoms with Gasteiger partial charge in [-0.25, -0.2) is 0 Å². The summed E-state index contributed by atoms with van der Waals surface area (Å²) in [7, 11) is 0. The molecule has 0 radical (unpaired) electrons. The fraction of sp³-hybridized carbons (Fsp3) is 0.143.